The van der Waals surface area contributed by atoms with Crippen molar-refractivity contribution in [2.24, 2.45) is 11.8 Å². The topological polar surface area (TPSA) is 101 Å². The van der Waals surface area contributed by atoms with Crippen LogP contribution in [0.1, 0.15) is 20.8 Å². The van der Waals surface area contributed by atoms with E-state index in [0.717, 1.165) is 0 Å². The van der Waals surface area contributed by atoms with Gasteiger partial charge in [-0.1, -0.05) is 13.8 Å². The van der Waals surface area contributed by atoms with E-state index >= 15 is 0 Å². The number of hydrogen-bond acceptors (Lipinski definition) is 6. The molecule has 1 rings (SSSR count). The minimum Gasteiger partial charge on any atom is -0.292 e. The summed E-state index contributed by atoms with van der Waals surface area (Å²) in [6.07, 6.45) is 2.47. The van der Waals surface area contributed by atoms with Crippen LogP contribution in [0.4, 0.5) is 5.95 Å². The SMILES string of the molecule is CC(C)C(C)N(C)S(=O)(=O)c1cnc(NN)nc1. The molecule has 0 spiro atoms. The number of anilines is 1. The Hall–Kier alpha value is -1.25. The summed E-state index contributed by atoms with van der Waals surface area (Å²) in [6.45, 7) is 5.79. The van der Waals surface area contributed by atoms with Gasteiger partial charge in [-0.2, -0.15) is 4.31 Å². The average molecular weight is 273 g/mol. The summed E-state index contributed by atoms with van der Waals surface area (Å²) in [5.74, 6) is 5.51. The van der Waals surface area contributed by atoms with Crippen LogP contribution in [0, 0.1) is 5.92 Å². The van der Waals surface area contributed by atoms with E-state index < -0.39 is 10.0 Å². The fourth-order valence-electron chi connectivity index (χ4n) is 1.33. The van der Waals surface area contributed by atoms with E-state index in [2.05, 4.69) is 15.4 Å². The van der Waals surface area contributed by atoms with Gasteiger partial charge in [-0.05, 0) is 12.8 Å². The molecule has 8 heteroatoms. The molecule has 0 aliphatic heterocycles. The van der Waals surface area contributed by atoms with Crippen molar-refractivity contribution in [2.75, 3.05) is 12.5 Å². The molecule has 0 radical (unpaired) electrons. The summed E-state index contributed by atoms with van der Waals surface area (Å²) >= 11 is 0. The second-order valence-electron chi connectivity index (χ2n) is 4.39. The van der Waals surface area contributed by atoms with E-state index in [0.29, 0.717) is 0 Å². The van der Waals surface area contributed by atoms with E-state index in [1.807, 2.05) is 20.8 Å². The zero-order chi connectivity index (χ0) is 13.9. The number of nitrogens with zero attached hydrogens (tertiary/aromatic N) is 3. The molecule has 18 heavy (non-hydrogen) atoms. The Labute approximate surface area is 107 Å². The number of nitrogens with two attached hydrogens (primary N) is 1. The highest BCUT2D eigenvalue weighted by molar-refractivity contribution is 7.89. The van der Waals surface area contributed by atoms with Crippen molar-refractivity contribution in [1.82, 2.24) is 14.3 Å². The first-order valence-corrected chi connectivity index (χ1v) is 7.01. The van der Waals surface area contributed by atoms with E-state index in [1.165, 1.54) is 16.7 Å². The van der Waals surface area contributed by atoms with Gasteiger partial charge >= 0.3 is 0 Å². The van der Waals surface area contributed by atoms with Gasteiger partial charge in [0.15, 0.2) is 0 Å². The number of aromatic nitrogens is 2. The first kappa shape index (κ1) is 14.8. The highest BCUT2D eigenvalue weighted by Gasteiger charge is 2.27. The normalized spacial score (nSPS) is 13.9. The second kappa shape index (κ2) is 5.59. The average Bonchev–Trinajstić information content (AvgIpc) is 2.36. The van der Waals surface area contributed by atoms with Gasteiger partial charge in [-0.25, -0.2) is 24.2 Å². The molecule has 0 aromatic carbocycles. The standard InChI is InChI=1S/C10H19N5O2S/c1-7(2)8(3)15(4)18(16,17)9-5-12-10(14-11)13-6-9/h5-8H,11H2,1-4H3,(H,12,13,14). The molecule has 0 aliphatic rings. The monoisotopic (exact) mass is 273 g/mol. The molecule has 1 aromatic rings. The van der Waals surface area contributed by atoms with Gasteiger partial charge in [0.2, 0.25) is 16.0 Å². The predicted octanol–water partition coefficient (Wildman–Crippen LogP) is 0.427. The first-order chi connectivity index (χ1) is 8.30. The molecule has 0 fully saturated rings. The minimum absolute atomic E-state index is 0.0523. The summed E-state index contributed by atoms with van der Waals surface area (Å²) in [5.41, 5.74) is 2.25. The third-order valence-electron chi connectivity index (χ3n) is 2.97. The van der Waals surface area contributed by atoms with Crippen LogP contribution in [0.15, 0.2) is 17.3 Å². The summed E-state index contributed by atoms with van der Waals surface area (Å²) in [5, 5.41) is 0. The highest BCUT2D eigenvalue weighted by Crippen LogP contribution is 2.18. The largest absolute Gasteiger partial charge is 0.292 e. The maximum absolute atomic E-state index is 12.3. The molecule has 0 saturated carbocycles. The molecule has 0 aliphatic carbocycles. The Morgan fingerprint density at radius 1 is 1.28 bits per heavy atom. The van der Waals surface area contributed by atoms with E-state index in [-0.39, 0.29) is 22.8 Å². The number of nitrogens with one attached hydrogen (secondary N) is 1. The molecule has 0 bridgehead atoms. The lowest BCUT2D eigenvalue weighted by molar-refractivity contribution is 0.315. The van der Waals surface area contributed by atoms with Crippen molar-refractivity contribution in [3.63, 3.8) is 0 Å². The van der Waals surface area contributed by atoms with Crippen molar-refractivity contribution in [1.29, 1.82) is 0 Å². The summed E-state index contributed by atoms with van der Waals surface area (Å²) in [7, 11) is -2.02. The lowest BCUT2D eigenvalue weighted by Crippen LogP contribution is -2.38. The molecule has 1 aromatic heterocycles. The van der Waals surface area contributed by atoms with Crippen LogP contribution in [-0.2, 0) is 10.0 Å². The minimum atomic E-state index is -3.57. The number of nitrogen functional groups attached to an aromatic ring is 1. The van der Waals surface area contributed by atoms with E-state index in [9.17, 15) is 8.42 Å². The molecule has 0 saturated heterocycles. The zero-order valence-electron chi connectivity index (χ0n) is 11.0. The number of rotatable bonds is 5. The maximum Gasteiger partial charge on any atom is 0.246 e. The molecular formula is C10H19N5O2S. The molecule has 1 heterocycles. The lowest BCUT2D eigenvalue weighted by Gasteiger charge is -2.26. The fourth-order valence-corrected chi connectivity index (χ4v) is 2.71. The quantitative estimate of drug-likeness (QED) is 0.596. The molecule has 1 unspecified atom stereocenters. The van der Waals surface area contributed by atoms with Crippen LogP contribution in [-0.4, -0.2) is 35.8 Å². The second-order valence-corrected chi connectivity index (χ2v) is 6.39. The van der Waals surface area contributed by atoms with Gasteiger partial charge in [0.25, 0.3) is 0 Å². The highest BCUT2D eigenvalue weighted by atomic mass is 32.2. The maximum atomic E-state index is 12.3. The summed E-state index contributed by atoms with van der Waals surface area (Å²) < 4.78 is 25.9. The van der Waals surface area contributed by atoms with Crippen molar-refractivity contribution in [3.05, 3.63) is 12.4 Å². The van der Waals surface area contributed by atoms with Crippen LogP contribution in [0.5, 0.6) is 0 Å². The Kier molecular flexibility index (Phi) is 4.60. The molecule has 0 amide bonds. The number of hydrazine groups is 1. The molecule has 102 valence electrons. The number of hydrogen-bond donors (Lipinski definition) is 2. The predicted molar refractivity (Wildman–Crippen MR) is 69.1 cm³/mol. The van der Waals surface area contributed by atoms with E-state index in [1.54, 1.807) is 7.05 Å². The Morgan fingerprint density at radius 2 is 1.78 bits per heavy atom. The van der Waals surface area contributed by atoms with E-state index in [4.69, 9.17) is 5.84 Å². The molecular weight excluding hydrogens is 254 g/mol. The van der Waals surface area contributed by atoms with Crippen LogP contribution in [0.25, 0.3) is 0 Å². The van der Waals surface area contributed by atoms with Crippen molar-refractivity contribution < 1.29 is 8.42 Å². The van der Waals surface area contributed by atoms with Gasteiger partial charge < -0.3 is 0 Å². The van der Waals surface area contributed by atoms with Gasteiger partial charge in [-0.3, -0.25) is 5.43 Å². The van der Waals surface area contributed by atoms with Crippen LogP contribution in [0.3, 0.4) is 0 Å². The van der Waals surface area contributed by atoms with Crippen molar-refractivity contribution in [3.8, 4) is 0 Å². The fraction of sp³-hybridized carbons (Fsp3) is 0.600. The Balaban J connectivity index is 3.05. The summed E-state index contributed by atoms with van der Waals surface area (Å²) in [4.78, 5) is 7.65. The smallest absolute Gasteiger partial charge is 0.246 e. The van der Waals surface area contributed by atoms with Crippen LogP contribution in [0.2, 0.25) is 0 Å². The molecule has 7 nitrogen and oxygen atoms in total. The van der Waals surface area contributed by atoms with Gasteiger partial charge in [-0.15, -0.1) is 0 Å². The third-order valence-corrected chi connectivity index (χ3v) is 4.87. The lowest BCUT2D eigenvalue weighted by atomic mass is 10.1. The Morgan fingerprint density at radius 3 is 2.17 bits per heavy atom. The third kappa shape index (κ3) is 2.95. The number of sulfonamides is 1. The van der Waals surface area contributed by atoms with Crippen LogP contribution >= 0.6 is 0 Å². The summed E-state index contributed by atoms with van der Waals surface area (Å²) in [6, 6.07) is -0.109. The molecule has 1 atom stereocenters. The Bertz CT molecular complexity index is 485. The first-order valence-electron chi connectivity index (χ1n) is 5.57. The van der Waals surface area contributed by atoms with Crippen molar-refractivity contribution >= 4 is 16.0 Å². The van der Waals surface area contributed by atoms with Crippen LogP contribution < -0.4 is 11.3 Å². The van der Waals surface area contributed by atoms with Gasteiger partial charge in [0.1, 0.15) is 4.90 Å². The van der Waals surface area contributed by atoms with Gasteiger partial charge in [0, 0.05) is 13.1 Å². The molecule has 3 N–H and O–H groups in total. The van der Waals surface area contributed by atoms with Gasteiger partial charge in [0.05, 0.1) is 12.4 Å². The zero-order valence-corrected chi connectivity index (χ0v) is 11.8. The van der Waals surface area contributed by atoms with Crippen molar-refractivity contribution in [2.45, 2.75) is 31.7 Å².